The lowest BCUT2D eigenvalue weighted by Crippen LogP contribution is -2.42. The van der Waals surface area contributed by atoms with E-state index in [-0.39, 0.29) is 23.7 Å². The molecule has 1 atom stereocenters. The van der Waals surface area contributed by atoms with E-state index >= 15 is 0 Å². The third-order valence-corrected chi connectivity index (χ3v) is 5.71. The Morgan fingerprint density at radius 3 is 2.42 bits per heavy atom. The quantitative estimate of drug-likeness (QED) is 0.656. The predicted octanol–water partition coefficient (Wildman–Crippen LogP) is 3.81. The van der Waals surface area contributed by atoms with E-state index in [1.54, 1.807) is 26.4 Å². The van der Waals surface area contributed by atoms with Crippen LogP contribution in [0.5, 0.6) is 17.2 Å². The van der Waals surface area contributed by atoms with E-state index in [9.17, 15) is 9.18 Å². The van der Waals surface area contributed by atoms with Gasteiger partial charge in [-0.3, -0.25) is 9.69 Å². The summed E-state index contributed by atoms with van der Waals surface area (Å²) < 4.78 is 29.2. The molecule has 1 saturated heterocycles. The number of carbonyl (C=O) groups is 1. The molecule has 0 radical (unpaired) electrons. The maximum absolute atomic E-state index is 12.9. The lowest BCUT2D eigenvalue weighted by atomic mass is 9.95. The zero-order valence-electron chi connectivity index (χ0n) is 18.4. The van der Waals surface area contributed by atoms with E-state index in [4.69, 9.17) is 14.2 Å². The zero-order valence-corrected chi connectivity index (χ0v) is 18.4. The first kappa shape index (κ1) is 22.9. The van der Waals surface area contributed by atoms with Gasteiger partial charge >= 0.3 is 0 Å². The number of nitrogens with one attached hydrogen (secondary N) is 1. The number of hydrogen-bond donors (Lipinski definition) is 1. The number of nitrogens with zero attached hydrogens (tertiary/aromatic N) is 1. The number of methoxy groups -OCH3 is 2. The molecule has 0 saturated carbocycles. The number of ether oxygens (including phenoxy) is 3. The van der Waals surface area contributed by atoms with E-state index in [2.05, 4.69) is 10.2 Å². The molecular weight excluding hydrogens is 399 g/mol. The Morgan fingerprint density at radius 2 is 1.77 bits per heavy atom. The molecule has 6 nitrogen and oxygen atoms in total. The van der Waals surface area contributed by atoms with Crippen molar-refractivity contribution in [2.75, 3.05) is 40.5 Å². The molecule has 1 heterocycles. The standard InChI is InChI=1S/C24H31FN2O4/c1-17(19-4-9-22(29-2)23(16-19)30-3)26-24(28)18-10-12-27(13-11-18)14-15-31-21-7-5-20(25)6-8-21/h4-9,16-18H,10-15H2,1-3H3,(H,26,28). The van der Waals surface area contributed by atoms with Gasteiger partial charge in [0.2, 0.25) is 5.91 Å². The summed E-state index contributed by atoms with van der Waals surface area (Å²) in [5.41, 5.74) is 0.973. The predicted molar refractivity (Wildman–Crippen MR) is 117 cm³/mol. The maximum Gasteiger partial charge on any atom is 0.223 e. The smallest absolute Gasteiger partial charge is 0.223 e. The van der Waals surface area contributed by atoms with E-state index in [0.29, 0.717) is 23.9 Å². The van der Waals surface area contributed by atoms with Crippen molar-refractivity contribution in [1.82, 2.24) is 10.2 Å². The fourth-order valence-corrected chi connectivity index (χ4v) is 3.78. The Morgan fingerprint density at radius 1 is 1.10 bits per heavy atom. The van der Waals surface area contributed by atoms with E-state index < -0.39 is 0 Å². The van der Waals surface area contributed by atoms with Crippen LogP contribution in [0.2, 0.25) is 0 Å². The first-order chi connectivity index (χ1) is 15.0. The molecule has 1 aliphatic rings. The van der Waals surface area contributed by atoms with Crippen molar-refractivity contribution < 1.29 is 23.4 Å². The van der Waals surface area contributed by atoms with Gasteiger partial charge < -0.3 is 19.5 Å². The Balaban J connectivity index is 1.42. The molecule has 31 heavy (non-hydrogen) atoms. The number of rotatable bonds is 9. The van der Waals surface area contributed by atoms with Crippen LogP contribution >= 0.6 is 0 Å². The van der Waals surface area contributed by atoms with Crippen LogP contribution in [0.4, 0.5) is 4.39 Å². The Kier molecular flexibility index (Phi) is 8.12. The molecule has 1 amide bonds. The molecule has 1 unspecified atom stereocenters. The topological polar surface area (TPSA) is 60.0 Å². The first-order valence-electron chi connectivity index (χ1n) is 10.6. The summed E-state index contributed by atoms with van der Waals surface area (Å²) in [7, 11) is 3.20. The van der Waals surface area contributed by atoms with E-state index in [1.807, 2.05) is 25.1 Å². The molecule has 0 aromatic heterocycles. The van der Waals surface area contributed by atoms with Gasteiger partial charge in [0.1, 0.15) is 18.2 Å². The normalized spacial score (nSPS) is 15.9. The van der Waals surface area contributed by atoms with Gasteiger partial charge in [-0.05, 0) is 74.8 Å². The van der Waals surface area contributed by atoms with Crippen molar-refractivity contribution in [2.45, 2.75) is 25.8 Å². The largest absolute Gasteiger partial charge is 0.493 e. The van der Waals surface area contributed by atoms with Crippen LogP contribution in [-0.4, -0.2) is 51.3 Å². The number of likely N-dealkylation sites (tertiary alicyclic amines) is 1. The summed E-state index contributed by atoms with van der Waals surface area (Å²) in [6.45, 7) is 5.01. The van der Waals surface area contributed by atoms with Gasteiger partial charge in [0, 0.05) is 12.5 Å². The van der Waals surface area contributed by atoms with Crippen molar-refractivity contribution in [3.05, 3.63) is 53.8 Å². The molecule has 0 spiro atoms. The Hall–Kier alpha value is -2.80. The average Bonchev–Trinajstić information content (AvgIpc) is 2.80. The van der Waals surface area contributed by atoms with Crippen molar-refractivity contribution in [3.63, 3.8) is 0 Å². The number of hydrogen-bond acceptors (Lipinski definition) is 5. The second-order valence-electron chi connectivity index (χ2n) is 7.76. The maximum atomic E-state index is 12.9. The molecule has 3 rings (SSSR count). The Labute approximate surface area is 183 Å². The monoisotopic (exact) mass is 430 g/mol. The fourth-order valence-electron chi connectivity index (χ4n) is 3.78. The minimum atomic E-state index is -0.270. The average molecular weight is 431 g/mol. The number of amides is 1. The van der Waals surface area contributed by atoms with Gasteiger partial charge in [-0.25, -0.2) is 4.39 Å². The van der Waals surface area contributed by atoms with Crippen LogP contribution in [0.3, 0.4) is 0 Å². The van der Waals surface area contributed by atoms with Crippen LogP contribution in [-0.2, 0) is 4.79 Å². The summed E-state index contributed by atoms with van der Waals surface area (Å²) >= 11 is 0. The lowest BCUT2D eigenvalue weighted by Gasteiger charge is -2.31. The van der Waals surface area contributed by atoms with Crippen LogP contribution in [0.15, 0.2) is 42.5 Å². The third kappa shape index (κ3) is 6.34. The highest BCUT2D eigenvalue weighted by atomic mass is 19.1. The summed E-state index contributed by atoms with van der Waals surface area (Å²) in [6, 6.07) is 11.6. The number of benzene rings is 2. The molecule has 7 heteroatoms. The molecular formula is C24H31FN2O4. The van der Waals surface area contributed by atoms with Gasteiger partial charge in [-0.1, -0.05) is 6.07 Å². The molecule has 2 aromatic carbocycles. The molecule has 0 aliphatic carbocycles. The van der Waals surface area contributed by atoms with E-state index in [0.717, 1.165) is 38.0 Å². The summed E-state index contributed by atoms with van der Waals surface area (Å²) in [5.74, 6) is 1.81. The van der Waals surface area contributed by atoms with Gasteiger partial charge in [-0.15, -0.1) is 0 Å². The molecule has 0 bridgehead atoms. The highest BCUT2D eigenvalue weighted by Gasteiger charge is 2.26. The summed E-state index contributed by atoms with van der Waals surface area (Å²) in [5, 5.41) is 3.13. The lowest BCUT2D eigenvalue weighted by molar-refractivity contribution is -0.127. The summed E-state index contributed by atoms with van der Waals surface area (Å²) in [4.78, 5) is 15.0. The van der Waals surface area contributed by atoms with Gasteiger partial charge in [0.25, 0.3) is 0 Å². The molecule has 2 aromatic rings. The van der Waals surface area contributed by atoms with E-state index in [1.165, 1.54) is 12.1 Å². The first-order valence-corrected chi connectivity index (χ1v) is 10.6. The van der Waals surface area contributed by atoms with Gasteiger partial charge in [0.15, 0.2) is 11.5 Å². The summed E-state index contributed by atoms with van der Waals surface area (Å²) in [6.07, 6.45) is 1.64. The zero-order chi connectivity index (χ0) is 22.2. The molecule has 1 aliphatic heterocycles. The van der Waals surface area contributed by atoms with Crippen molar-refractivity contribution in [1.29, 1.82) is 0 Å². The second-order valence-corrected chi connectivity index (χ2v) is 7.76. The molecule has 1 fully saturated rings. The van der Waals surface area contributed by atoms with Crippen LogP contribution in [0, 0.1) is 11.7 Å². The minimum Gasteiger partial charge on any atom is -0.493 e. The van der Waals surface area contributed by atoms with Crippen LogP contribution < -0.4 is 19.5 Å². The highest BCUT2D eigenvalue weighted by molar-refractivity contribution is 5.79. The van der Waals surface area contributed by atoms with Gasteiger partial charge in [0.05, 0.1) is 20.3 Å². The number of carbonyl (C=O) groups excluding carboxylic acids is 1. The number of piperidine rings is 1. The van der Waals surface area contributed by atoms with Crippen molar-refractivity contribution >= 4 is 5.91 Å². The third-order valence-electron chi connectivity index (χ3n) is 5.71. The van der Waals surface area contributed by atoms with Gasteiger partial charge in [-0.2, -0.15) is 0 Å². The molecule has 1 N–H and O–H groups in total. The highest BCUT2D eigenvalue weighted by Crippen LogP contribution is 2.30. The minimum absolute atomic E-state index is 0.0110. The molecule has 168 valence electrons. The SMILES string of the molecule is COc1ccc(C(C)NC(=O)C2CCN(CCOc3ccc(F)cc3)CC2)cc1OC. The Bertz CT molecular complexity index is 851. The fraction of sp³-hybridized carbons (Fsp3) is 0.458. The second kappa shape index (κ2) is 11.0. The number of halogens is 1. The van der Waals surface area contributed by atoms with Crippen molar-refractivity contribution in [3.8, 4) is 17.2 Å². The van der Waals surface area contributed by atoms with Crippen molar-refractivity contribution in [2.24, 2.45) is 5.92 Å². The van der Waals surface area contributed by atoms with Crippen LogP contribution in [0.25, 0.3) is 0 Å². The van der Waals surface area contributed by atoms with Crippen LogP contribution in [0.1, 0.15) is 31.4 Å².